The zero-order valence-electron chi connectivity index (χ0n) is 11.0. The predicted octanol–water partition coefficient (Wildman–Crippen LogP) is 3.25. The Bertz CT molecular complexity index is 241. The second-order valence-corrected chi connectivity index (χ2v) is 5.30. The molecule has 0 aromatic carbocycles. The SMILES string of the molecule is CC(C)C1=C(C(C)C)CN(C(C)C)OC1. The molecule has 0 unspecified atom stereocenters. The minimum absolute atomic E-state index is 0.465. The molecule has 0 spiro atoms. The third-order valence-corrected chi connectivity index (χ3v) is 3.09. The summed E-state index contributed by atoms with van der Waals surface area (Å²) in [7, 11) is 0. The maximum Gasteiger partial charge on any atom is 0.0901 e. The Balaban J connectivity index is 2.86. The molecule has 0 aliphatic carbocycles. The van der Waals surface area contributed by atoms with E-state index in [0.29, 0.717) is 17.9 Å². The summed E-state index contributed by atoms with van der Waals surface area (Å²) in [4.78, 5) is 5.77. The van der Waals surface area contributed by atoms with E-state index < -0.39 is 0 Å². The van der Waals surface area contributed by atoms with E-state index in [1.807, 2.05) is 0 Å². The predicted molar refractivity (Wildman–Crippen MR) is 64.5 cm³/mol. The summed E-state index contributed by atoms with van der Waals surface area (Å²) in [5, 5.41) is 2.10. The van der Waals surface area contributed by atoms with E-state index >= 15 is 0 Å². The maximum absolute atomic E-state index is 5.77. The number of hydrogen-bond acceptors (Lipinski definition) is 2. The van der Waals surface area contributed by atoms with Gasteiger partial charge in [0.1, 0.15) is 0 Å². The molecule has 0 radical (unpaired) electrons. The highest BCUT2D eigenvalue weighted by Gasteiger charge is 2.24. The average Bonchev–Trinajstić information content (AvgIpc) is 2.16. The molecule has 1 aliphatic rings. The van der Waals surface area contributed by atoms with E-state index in [2.05, 4.69) is 46.6 Å². The van der Waals surface area contributed by atoms with Crippen LogP contribution in [0.25, 0.3) is 0 Å². The van der Waals surface area contributed by atoms with Crippen molar-refractivity contribution < 1.29 is 4.84 Å². The molecule has 88 valence electrons. The Morgan fingerprint density at radius 3 is 1.87 bits per heavy atom. The Labute approximate surface area is 94.3 Å². The smallest absolute Gasteiger partial charge is 0.0901 e. The Kier molecular flexibility index (Phi) is 4.35. The lowest BCUT2D eigenvalue weighted by atomic mass is 9.90. The summed E-state index contributed by atoms with van der Waals surface area (Å²) in [5.41, 5.74) is 3.08. The summed E-state index contributed by atoms with van der Waals surface area (Å²) in [6.07, 6.45) is 0. The van der Waals surface area contributed by atoms with Crippen molar-refractivity contribution in [2.24, 2.45) is 11.8 Å². The summed E-state index contributed by atoms with van der Waals surface area (Å²) in [6, 6.07) is 0.465. The fourth-order valence-corrected chi connectivity index (χ4v) is 1.98. The number of rotatable bonds is 3. The van der Waals surface area contributed by atoms with Gasteiger partial charge in [0.15, 0.2) is 0 Å². The van der Waals surface area contributed by atoms with E-state index in [1.165, 1.54) is 5.57 Å². The summed E-state index contributed by atoms with van der Waals surface area (Å²) < 4.78 is 0. The first-order valence-electron chi connectivity index (χ1n) is 6.04. The van der Waals surface area contributed by atoms with E-state index in [-0.39, 0.29) is 0 Å². The molecule has 0 bridgehead atoms. The largest absolute Gasteiger partial charge is 0.294 e. The fourth-order valence-electron chi connectivity index (χ4n) is 1.98. The first-order chi connectivity index (χ1) is 6.93. The van der Waals surface area contributed by atoms with Crippen LogP contribution in [0, 0.1) is 11.8 Å². The quantitative estimate of drug-likeness (QED) is 0.664. The van der Waals surface area contributed by atoms with Gasteiger partial charge in [0, 0.05) is 12.6 Å². The monoisotopic (exact) mass is 211 g/mol. The highest BCUT2D eigenvalue weighted by Crippen LogP contribution is 2.27. The Morgan fingerprint density at radius 2 is 1.47 bits per heavy atom. The van der Waals surface area contributed by atoms with E-state index in [4.69, 9.17) is 4.84 Å². The first kappa shape index (κ1) is 12.7. The van der Waals surface area contributed by atoms with Gasteiger partial charge in [0.2, 0.25) is 0 Å². The summed E-state index contributed by atoms with van der Waals surface area (Å²) in [6.45, 7) is 15.2. The van der Waals surface area contributed by atoms with Crippen molar-refractivity contribution in [3.8, 4) is 0 Å². The first-order valence-corrected chi connectivity index (χ1v) is 6.04. The third kappa shape index (κ3) is 3.05. The lowest BCUT2D eigenvalue weighted by molar-refractivity contribution is -0.176. The molecular weight excluding hydrogens is 186 g/mol. The molecule has 0 N–H and O–H groups in total. The average molecular weight is 211 g/mol. The molecule has 2 heteroatoms. The van der Waals surface area contributed by atoms with Crippen LogP contribution >= 0.6 is 0 Å². The van der Waals surface area contributed by atoms with Gasteiger partial charge in [-0.1, -0.05) is 27.7 Å². The van der Waals surface area contributed by atoms with Gasteiger partial charge in [0.25, 0.3) is 0 Å². The molecule has 2 nitrogen and oxygen atoms in total. The molecule has 0 saturated carbocycles. The van der Waals surface area contributed by atoms with Gasteiger partial charge in [-0.15, -0.1) is 0 Å². The molecule has 0 atom stereocenters. The van der Waals surface area contributed by atoms with E-state index in [1.54, 1.807) is 5.57 Å². The standard InChI is InChI=1S/C13H25NO/c1-9(2)12-7-14(11(5)6)15-8-13(12)10(3)4/h9-11H,7-8H2,1-6H3. The van der Waals surface area contributed by atoms with Crippen molar-refractivity contribution >= 4 is 0 Å². The van der Waals surface area contributed by atoms with Crippen LogP contribution in [0.4, 0.5) is 0 Å². The van der Waals surface area contributed by atoms with Gasteiger partial charge in [-0.25, -0.2) is 0 Å². The van der Waals surface area contributed by atoms with Crippen LogP contribution in [0.5, 0.6) is 0 Å². The molecule has 0 saturated heterocycles. The topological polar surface area (TPSA) is 12.5 Å². The Hall–Kier alpha value is -0.340. The van der Waals surface area contributed by atoms with Crippen LogP contribution in [-0.2, 0) is 4.84 Å². The molecule has 0 fully saturated rings. The summed E-state index contributed by atoms with van der Waals surface area (Å²) in [5.74, 6) is 1.24. The van der Waals surface area contributed by atoms with E-state index in [0.717, 1.165) is 13.2 Å². The molecule has 0 aromatic rings. The van der Waals surface area contributed by atoms with Crippen molar-refractivity contribution in [3.63, 3.8) is 0 Å². The maximum atomic E-state index is 5.77. The van der Waals surface area contributed by atoms with Gasteiger partial charge in [-0.3, -0.25) is 4.84 Å². The van der Waals surface area contributed by atoms with Crippen LogP contribution in [0.15, 0.2) is 11.1 Å². The van der Waals surface area contributed by atoms with Crippen molar-refractivity contribution in [1.82, 2.24) is 5.06 Å². The van der Waals surface area contributed by atoms with Gasteiger partial charge >= 0.3 is 0 Å². The zero-order valence-corrected chi connectivity index (χ0v) is 11.0. The van der Waals surface area contributed by atoms with Gasteiger partial charge < -0.3 is 0 Å². The highest BCUT2D eigenvalue weighted by molar-refractivity contribution is 5.21. The second-order valence-electron chi connectivity index (χ2n) is 5.30. The molecule has 1 heterocycles. The second kappa shape index (κ2) is 5.13. The van der Waals surface area contributed by atoms with Crippen LogP contribution in [0.3, 0.4) is 0 Å². The van der Waals surface area contributed by atoms with E-state index in [9.17, 15) is 0 Å². The molecule has 15 heavy (non-hydrogen) atoms. The minimum Gasteiger partial charge on any atom is -0.294 e. The van der Waals surface area contributed by atoms with Gasteiger partial charge in [-0.2, -0.15) is 5.06 Å². The van der Waals surface area contributed by atoms with Gasteiger partial charge in [0.05, 0.1) is 6.61 Å². The number of hydroxylamine groups is 2. The number of nitrogens with zero attached hydrogens (tertiary/aromatic N) is 1. The molecule has 0 aromatic heterocycles. The lowest BCUT2D eigenvalue weighted by Gasteiger charge is -2.35. The normalized spacial score (nSPS) is 19.8. The van der Waals surface area contributed by atoms with Crippen LogP contribution in [-0.4, -0.2) is 24.3 Å². The minimum atomic E-state index is 0.465. The van der Waals surface area contributed by atoms with Crippen molar-refractivity contribution in [2.75, 3.05) is 13.2 Å². The summed E-state index contributed by atoms with van der Waals surface area (Å²) >= 11 is 0. The Morgan fingerprint density at radius 1 is 0.933 bits per heavy atom. The molecule has 1 rings (SSSR count). The van der Waals surface area contributed by atoms with Crippen molar-refractivity contribution in [1.29, 1.82) is 0 Å². The number of hydrogen-bond donors (Lipinski definition) is 0. The third-order valence-electron chi connectivity index (χ3n) is 3.09. The van der Waals surface area contributed by atoms with Crippen LogP contribution in [0.2, 0.25) is 0 Å². The van der Waals surface area contributed by atoms with Crippen molar-refractivity contribution in [2.45, 2.75) is 47.6 Å². The van der Waals surface area contributed by atoms with Gasteiger partial charge in [-0.05, 0) is 36.8 Å². The molecule has 1 aliphatic heterocycles. The lowest BCUT2D eigenvalue weighted by Crippen LogP contribution is -2.39. The fraction of sp³-hybridized carbons (Fsp3) is 0.846. The highest BCUT2D eigenvalue weighted by atomic mass is 16.7. The van der Waals surface area contributed by atoms with Crippen LogP contribution < -0.4 is 0 Å². The molecule has 0 amide bonds. The van der Waals surface area contributed by atoms with Crippen LogP contribution in [0.1, 0.15) is 41.5 Å². The molecular formula is C13H25NO. The van der Waals surface area contributed by atoms with Crippen molar-refractivity contribution in [3.05, 3.63) is 11.1 Å². The zero-order chi connectivity index (χ0) is 11.6.